The molecule has 1 rings (SSSR count). The van der Waals surface area contributed by atoms with Gasteiger partial charge in [-0.15, -0.1) is 0 Å². The van der Waals surface area contributed by atoms with E-state index in [1.807, 2.05) is 0 Å². The van der Waals surface area contributed by atoms with Crippen molar-refractivity contribution in [1.82, 2.24) is 5.32 Å². The predicted molar refractivity (Wildman–Crippen MR) is 64.9 cm³/mol. The highest BCUT2D eigenvalue weighted by Crippen LogP contribution is 2.29. The molecular weight excluding hydrogens is 265 g/mol. The number of alkyl halides is 3. The summed E-state index contributed by atoms with van der Waals surface area (Å²) in [7, 11) is 0. The van der Waals surface area contributed by atoms with Gasteiger partial charge in [-0.05, 0) is 17.7 Å². The highest BCUT2D eigenvalue weighted by Gasteiger charge is 2.29. The summed E-state index contributed by atoms with van der Waals surface area (Å²) >= 11 is 4.57. The lowest BCUT2D eigenvalue weighted by Crippen LogP contribution is -2.33. The van der Waals surface area contributed by atoms with Crippen molar-refractivity contribution in [2.24, 2.45) is 5.73 Å². The third-order valence-electron chi connectivity index (χ3n) is 2.11. The van der Waals surface area contributed by atoms with E-state index in [1.54, 1.807) is 0 Å². The van der Waals surface area contributed by atoms with E-state index in [-0.39, 0.29) is 23.9 Å². The maximum absolute atomic E-state index is 12.3. The summed E-state index contributed by atoms with van der Waals surface area (Å²) in [6.45, 7) is 0.0782. The quantitative estimate of drug-likeness (QED) is 0.822. The second-order valence-electron chi connectivity index (χ2n) is 3.61. The van der Waals surface area contributed by atoms with Crippen LogP contribution in [-0.2, 0) is 17.4 Å². The lowest BCUT2D eigenvalue weighted by molar-refractivity contribution is -0.137. The van der Waals surface area contributed by atoms with Gasteiger partial charge in [0, 0.05) is 0 Å². The van der Waals surface area contributed by atoms with Crippen LogP contribution in [0.4, 0.5) is 13.2 Å². The van der Waals surface area contributed by atoms with Crippen LogP contribution in [0.1, 0.15) is 11.1 Å². The second kappa shape index (κ2) is 5.81. The largest absolute Gasteiger partial charge is 0.416 e. The number of halogens is 3. The van der Waals surface area contributed by atoms with Crippen molar-refractivity contribution >= 4 is 23.1 Å². The number of nitrogens with one attached hydrogen (secondary N) is 1. The van der Waals surface area contributed by atoms with Crippen LogP contribution in [0.2, 0.25) is 0 Å². The summed E-state index contributed by atoms with van der Waals surface area (Å²) in [6, 6.07) is 4.42. The van der Waals surface area contributed by atoms with Crippen LogP contribution in [0.25, 0.3) is 0 Å². The Bertz CT molecular complexity index is 443. The average molecular weight is 276 g/mol. The zero-order valence-corrected chi connectivity index (χ0v) is 10.1. The molecule has 0 aliphatic carbocycles. The van der Waals surface area contributed by atoms with Crippen molar-refractivity contribution in [2.75, 3.05) is 6.54 Å². The van der Waals surface area contributed by atoms with Gasteiger partial charge in [0.15, 0.2) is 0 Å². The van der Waals surface area contributed by atoms with Gasteiger partial charge in [0.2, 0.25) is 5.91 Å². The molecule has 0 aliphatic rings. The van der Waals surface area contributed by atoms with Crippen molar-refractivity contribution in [3.05, 3.63) is 35.4 Å². The predicted octanol–water partition coefficient (Wildman–Crippen LogP) is 1.65. The molecule has 18 heavy (non-hydrogen) atoms. The molecular formula is C11H11F3N2OS. The van der Waals surface area contributed by atoms with Crippen molar-refractivity contribution in [3.63, 3.8) is 0 Å². The number of rotatable bonds is 4. The number of hydrogen-bond donors (Lipinski definition) is 2. The molecule has 0 atom stereocenters. The van der Waals surface area contributed by atoms with Gasteiger partial charge in [0.1, 0.15) is 0 Å². The lowest BCUT2D eigenvalue weighted by Gasteiger charge is -2.08. The number of benzene rings is 1. The first-order valence-electron chi connectivity index (χ1n) is 5.00. The number of carbonyl (C=O) groups is 1. The third kappa shape index (κ3) is 4.70. The normalized spacial score (nSPS) is 11.1. The molecule has 0 heterocycles. The molecule has 0 unspecified atom stereocenters. The van der Waals surface area contributed by atoms with Crippen LogP contribution in [0.5, 0.6) is 0 Å². The minimum Gasteiger partial charge on any atom is -0.392 e. The van der Waals surface area contributed by atoms with Gasteiger partial charge in [-0.3, -0.25) is 4.79 Å². The second-order valence-corrected chi connectivity index (χ2v) is 4.14. The number of amides is 1. The Morgan fingerprint density at radius 2 is 1.83 bits per heavy atom. The van der Waals surface area contributed by atoms with Crippen molar-refractivity contribution in [3.8, 4) is 0 Å². The maximum Gasteiger partial charge on any atom is 0.416 e. The topological polar surface area (TPSA) is 55.1 Å². The van der Waals surface area contributed by atoms with E-state index in [9.17, 15) is 18.0 Å². The molecule has 0 saturated carbocycles. The highest BCUT2D eigenvalue weighted by molar-refractivity contribution is 7.80. The van der Waals surface area contributed by atoms with Crippen molar-refractivity contribution < 1.29 is 18.0 Å². The molecule has 98 valence electrons. The molecule has 0 spiro atoms. The van der Waals surface area contributed by atoms with Crippen LogP contribution in [-0.4, -0.2) is 17.4 Å². The van der Waals surface area contributed by atoms with Crippen LogP contribution < -0.4 is 11.1 Å². The van der Waals surface area contributed by atoms with Gasteiger partial charge in [-0.2, -0.15) is 13.2 Å². The van der Waals surface area contributed by atoms with E-state index < -0.39 is 11.7 Å². The average Bonchev–Trinajstić information content (AvgIpc) is 2.26. The molecule has 3 N–H and O–H groups in total. The molecule has 0 aliphatic heterocycles. The van der Waals surface area contributed by atoms with Crippen LogP contribution in [0.3, 0.4) is 0 Å². The minimum atomic E-state index is -4.37. The molecule has 1 aromatic carbocycles. The van der Waals surface area contributed by atoms with E-state index in [0.717, 1.165) is 12.1 Å². The van der Waals surface area contributed by atoms with Gasteiger partial charge >= 0.3 is 6.18 Å². The van der Waals surface area contributed by atoms with Crippen LogP contribution in [0.15, 0.2) is 24.3 Å². The zero-order chi connectivity index (χ0) is 13.8. The molecule has 1 aromatic rings. The summed E-state index contributed by atoms with van der Waals surface area (Å²) < 4.78 is 36.9. The zero-order valence-electron chi connectivity index (χ0n) is 9.25. The van der Waals surface area contributed by atoms with Gasteiger partial charge in [-0.25, -0.2) is 0 Å². The first-order valence-corrected chi connectivity index (χ1v) is 5.41. The Balaban J connectivity index is 2.59. The fraction of sp³-hybridized carbons (Fsp3) is 0.273. The summed E-state index contributed by atoms with van der Waals surface area (Å²) in [5.74, 6) is -0.345. The molecule has 0 fully saturated rings. The van der Waals surface area contributed by atoms with E-state index in [4.69, 9.17) is 5.73 Å². The monoisotopic (exact) mass is 276 g/mol. The van der Waals surface area contributed by atoms with E-state index in [2.05, 4.69) is 17.5 Å². The van der Waals surface area contributed by atoms with E-state index >= 15 is 0 Å². The fourth-order valence-electron chi connectivity index (χ4n) is 1.25. The number of carbonyl (C=O) groups excluding carboxylic acids is 1. The van der Waals surface area contributed by atoms with Crippen LogP contribution >= 0.6 is 12.2 Å². The Hall–Kier alpha value is -1.63. The first kappa shape index (κ1) is 14.4. The van der Waals surface area contributed by atoms with E-state index in [1.165, 1.54) is 12.1 Å². The third-order valence-corrected chi connectivity index (χ3v) is 2.25. The maximum atomic E-state index is 12.3. The lowest BCUT2D eigenvalue weighted by atomic mass is 10.1. The van der Waals surface area contributed by atoms with Gasteiger partial charge in [0.05, 0.1) is 23.5 Å². The molecule has 7 heteroatoms. The Morgan fingerprint density at radius 3 is 2.28 bits per heavy atom. The summed E-state index contributed by atoms with van der Waals surface area (Å²) in [6.07, 6.45) is -4.38. The molecule has 0 saturated heterocycles. The number of hydrogen-bond acceptors (Lipinski definition) is 2. The van der Waals surface area contributed by atoms with Crippen LogP contribution in [0, 0.1) is 0 Å². The Kier molecular flexibility index (Phi) is 4.66. The van der Waals surface area contributed by atoms with E-state index in [0.29, 0.717) is 5.56 Å². The Labute approximate surface area is 107 Å². The summed E-state index contributed by atoms with van der Waals surface area (Å²) in [4.78, 5) is 11.5. The van der Waals surface area contributed by atoms with Gasteiger partial charge < -0.3 is 11.1 Å². The standard InChI is InChI=1S/C11H11F3N2OS/c12-11(13,14)8-3-1-7(2-4-8)5-10(17)16-6-9(15)18/h1-4H,5-6H2,(H2,15,18)(H,16,17). The fourth-order valence-corrected chi connectivity index (χ4v) is 1.32. The number of thiocarbonyl (C=S) groups is 1. The van der Waals surface area contributed by atoms with Gasteiger partial charge in [0.25, 0.3) is 0 Å². The SMILES string of the molecule is NC(=S)CNC(=O)Cc1ccc(C(F)(F)F)cc1. The highest BCUT2D eigenvalue weighted by atomic mass is 32.1. The molecule has 0 aromatic heterocycles. The minimum absolute atomic E-state index is 0.0131. The first-order chi connectivity index (χ1) is 8.29. The Morgan fingerprint density at radius 1 is 1.28 bits per heavy atom. The smallest absolute Gasteiger partial charge is 0.392 e. The molecule has 3 nitrogen and oxygen atoms in total. The van der Waals surface area contributed by atoms with Crippen molar-refractivity contribution in [1.29, 1.82) is 0 Å². The summed E-state index contributed by atoms with van der Waals surface area (Å²) in [5.41, 5.74) is 4.94. The number of nitrogens with two attached hydrogens (primary N) is 1. The molecule has 1 amide bonds. The molecule has 0 radical (unpaired) electrons. The van der Waals surface area contributed by atoms with Gasteiger partial charge in [-0.1, -0.05) is 24.4 Å². The summed E-state index contributed by atoms with van der Waals surface area (Å²) in [5, 5.41) is 2.45. The molecule has 0 bridgehead atoms. The van der Waals surface area contributed by atoms with Crippen molar-refractivity contribution in [2.45, 2.75) is 12.6 Å².